The summed E-state index contributed by atoms with van der Waals surface area (Å²) in [4.78, 5) is 12.6. The average molecular weight is 329 g/mol. The monoisotopic (exact) mass is 329 g/mol. The smallest absolute Gasteiger partial charge is 0.386 e. The SMILES string of the molecule is Cc1ccsc1[C@H](O)CNC(=O)c1ccccc1C(F)(F)F. The van der Waals surface area contributed by atoms with Crippen molar-refractivity contribution in [2.75, 3.05) is 6.54 Å². The van der Waals surface area contributed by atoms with Crippen molar-refractivity contribution in [1.82, 2.24) is 5.32 Å². The van der Waals surface area contributed by atoms with Gasteiger partial charge in [-0.15, -0.1) is 11.3 Å². The number of thiophene rings is 1. The molecule has 1 heterocycles. The first kappa shape index (κ1) is 16.5. The van der Waals surface area contributed by atoms with Crippen LogP contribution in [0.1, 0.15) is 32.5 Å². The molecule has 0 unspecified atom stereocenters. The van der Waals surface area contributed by atoms with Crippen LogP contribution in [-0.4, -0.2) is 17.6 Å². The van der Waals surface area contributed by atoms with Crippen molar-refractivity contribution in [3.05, 3.63) is 57.3 Å². The fourth-order valence-electron chi connectivity index (χ4n) is 2.03. The second kappa shape index (κ2) is 6.50. The minimum absolute atomic E-state index is 0.146. The van der Waals surface area contributed by atoms with Crippen molar-refractivity contribution in [3.63, 3.8) is 0 Å². The summed E-state index contributed by atoms with van der Waals surface area (Å²) in [6, 6.07) is 6.38. The number of alkyl halides is 3. The highest BCUT2D eigenvalue weighted by molar-refractivity contribution is 7.10. The average Bonchev–Trinajstić information content (AvgIpc) is 2.89. The van der Waals surface area contributed by atoms with Gasteiger partial charge in [0.2, 0.25) is 0 Å². The first-order valence-corrected chi connectivity index (χ1v) is 7.35. The van der Waals surface area contributed by atoms with Crippen LogP contribution >= 0.6 is 11.3 Å². The minimum atomic E-state index is -4.60. The van der Waals surface area contributed by atoms with E-state index in [-0.39, 0.29) is 6.54 Å². The Labute approximate surface area is 129 Å². The van der Waals surface area contributed by atoms with Crippen LogP contribution in [0.4, 0.5) is 13.2 Å². The largest absolute Gasteiger partial charge is 0.417 e. The second-order valence-electron chi connectivity index (χ2n) is 4.74. The van der Waals surface area contributed by atoms with Crippen LogP contribution in [0.5, 0.6) is 0 Å². The maximum absolute atomic E-state index is 12.9. The van der Waals surface area contributed by atoms with Gasteiger partial charge in [0.05, 0.1) is 11.1 Å². The quantitative estimate of drug-likeness (QED) is 0.901. The number of benzene rings is 1. The van der Waals surface area contributed by atoms with Gasteiger partial charge in [-0.2, -0.15) is 13.2 Å². The number of hydrogen-bond acceptors (Lipinski definition) is 3. The van der Waals surface area contributed by atoms with Crippen molar-refractivity contribution in [3.8, 4) is 0 Å². The van der Waals surface area contributed by atoms with Gasteiger partial charge in [0, 0.05) is 11.4 Å². The summed E-state index contributed by atoms with van der Waals surface area (Å²) in [6.45, 7) is 1.67. The van der Waals surface area contributed by atoms with Crippen LogP contribution in [0.25, 0.3) is 0 Å². The number of aryl methyl sites for hydroxylation is 1. The number of aliphatic hydroxyl groups excluding tert-OH is 1. The molecule has 2 rings (SSSR count). The van der Waals surface area contributed by atoms with E-state index >= 15 is 0 Å². The van der Waals surface area contributed by atoms with Crippen molar-refractivity contribution in [1.29, 1.82) is 0 Å². The Morgan fingerprint density at radius 1 is 1.32 bits per heavy atom. The molecule has 0 aliphatic rings. The summed E-state index contributed by atoms with van der Waals surface area (Å²) in [7, 11) is 0. The Morgan fingerprint density at radius 2 is 2.00 bits per heavy atom. The topological polar surface area (TPSA) is 49.3 Å². The normalized spacial score (nSPS) is 13.0. The molecule has 3 nitrogen and oxygen atoms in total. The van der Waals surface area contributed by atoms with E-state index < -0.39 is 29.3 Å². The number of aliphatic hydroxyl groups is 1. The highest BCUT2D eigenvalue weighted by Gasteiger charge is 2.34. The Kier molecular flexibility index (Phi) is 4.87. The van der Waals surface area contributed by atoms with Gasteiger partial charge in [0.15, 0.2) is 0 Å². The first-order valence-electron chi connectivity index (χ1n) is 6.47. The predicted molar refractivity (Wildman–Crippen MR) is 77.8 cm³/mol. The van der Waals surface area contributed by atoms with Gasteiger partial charge in [0.1, 0.15) is 6.10 Å². The van der Waals surface area contributed by atoms with Gasteiger partial charge in [-0.3, -0.25) is 4.79 Å². The fourth-order valence-corrected chi connectivity index (χ4v) is 2.94. The third-order valence-electron chi connectivity index (χ3n) is 3.14. The molecule has 1 aromatic heterocycles. The number of hydrogen-bond donors (Lipinski definition) is 2. The molecule has 2 aromatic rings. The molecule has 0 aliphatic heterocycles. The van der Waals surface area contributed by atoms with E-state index in [2.05, 4.69) is 5.32 Å². The van der Waals surface area contributed by atoms with Gasteiger partial charge >= 0.3 is 6.18 Å². The molecule has 1 aromatic carbocycles. The number of nitrogens with one attached hydrogen (secondary N) is 1. The Bertz CT molecular complexity index is 667. The predicted octanol–water partition coefficient (Wildman–Crippen LogP) is 3.54. The van der Waals surface area contributed by atoms with Gasteiger partial charge in [-0.05, 0) is 36.1 Å². The third kappa shape index (κ3) is 3.66. The van der Waals surface area contributed by atoms with Gasteiger partial charge < -0.3 is 10.4 Å². The summed E-state index contributed by atoms with van der Waals surface area (Å²) >= 11 is 1.33. The van der Waals surface area contributed by atoms with Gasteiger partial charge in [0.25, 0.3) is 5.91 Å². The zero-order valence-corrected chi connectivity index (χ0v) is 12.5. The molecule has 22 heavy (non-hydrogen) atoms. The van der Waals surface area contributed by atoms with Crippen LogP contribution in [0.15, 0.2) is 35.7 Å². The first-order chi connectivity index (χ1) is 10.3. The summed E-state index contributed by atoms with van der Waals surface area (Å²) in [5, 5.41) is 14.1. The maximum atomic E-state index is 12.9. The molecule has 0 aliphatic carbocycles. The lowest BCUT2D eigenvalue weighted by atomic mass is 10.1. The number of carbonyl (C=O) groups excluding carboxylic acids is 1. The second-order valence-corrected chi connectivity index (χ2v) is 5.68. The van der Waals surface area contributed by atoms with Crippen molar-refractivity contribution >= 4 is 17.2 Å². The van der Waals surface area contributed by atoms with E-state index in [4.69, 9.17) is 0 Å². The zero-order valence-electron chi connectivity index (χ0n) is 11.6. The number of halogens is 3. The van der Waals surface area contributed by atoms with Crippen LogP contribution in [0.2, 0.25) is 0 Å². The van der Waals surface area contributed by atoms with Crippen LogP contribution in [0, 0.1) is 6.92 Å². The molecule has 0 radical (unpaired) electrons. The maximum Gasteiger partial charge on any atom is 0.417 e. The number of rotatable bonds is 4. The Hall–Kier alpha value is -1.86. The lowest BCUT2D eigenvalue weighted by Crippen LogP contribution is -2.30. The zero-order chi connectivity index (χ0) is 16.3. The fraction of sp³-hybridized carbons (Fsp3) is 0.267. The molecule has 2 N–H and O–H groups in total. The van der Waals surface area contributed by atoms with Crippen LogP contribution < -0.4 is 5.32 Å². The van der Waals surface area contributed by atoms with Crippen molar-refractivity contribution in [2.45, 2.75) is 19.2 Å². The van der Waals surface area contributed by atoms with E-state index in [0.717, 1.165) is 17.7 Å². The molecule has 0 saturated heterocycles. The number of carbonyl (C=O) groups is 1. The van der Waals surface area contributed by atoms with Crippen molar-refractivity contribution in [2.24, 2.45) is 0 Å². The highest BCUT2D eigenvalue weighted by Crippen LogP contribution is 2.31. The molecular weight excluding hydrogens is 315 g/mol. The van der Waals surface area contributed by atoms with Crippen LogP contribution in [0.3, 0.4) is 0 Å². The molecule has 1 amide bonds. The molecule has 0 spiro atoms. The van der Waals surface area contributed by atoms with E-state index in [0.29, 0.717) is 4.88 Å². The lowest BCUT2D eigenvalue weighted by molar-refractivity contribution is -0.137. The summed E-state index contributed by atoms with van der Waals surface area (Å²) in [6.07, 6.45) is -5.54. The molecule has 7 heteroatoms. The van der Waals surface area contributed by atoms with E-state index in [1.165, 1.54) is 23.5 Å². The molecular formula is C15H14F3NO2S. The highest BCUT2D eigenvalue weighted by atomic mass is 32.1. The number of amides is 1. The summed E-state index contributed by atoms with van der Waals surface area (Å²) in [5.74, 6) is -0.860. The Morgan fingerprint density at radius 3 is 2.59 bits per heavy atom. The van der Waals surface area contributed by atoms with E-state index in [9.17, 15) is 23.1 Å². The van der Waals surface area contributed by atoms with E-state index in [1.807, 2.05) is 13.0 Å². The minimum Gasteiger partial charge on any atom is -0.386 e. The molecule has 1 atom stereocenters. The molecule has 0 fully saturated rings. The molecule has 0 saturated carbocycles. The summed E-state index contributed by atoms with van der Waals surface area (Å²) in [5.41, 5.74) is -0.568. The molecule has 0 bridgehead atoms. The van der Waals surface area contributed by atoms with E-state index in [1.54, 1.807) is 5.38 Å². The standard InChI is InChI=1S/C15H14F3NO2S/c1-9-6-7-22-13(9)12(20)8-19-14(21)10-4-2-3-5-11(10)15(16,17)18/h2-7,12,20H,8H2,1H3,(H,19,21)/t12-/m1/s1. The lowest BCUT2D eigenvalue weighted by Gasteiger charge is -2.14. The summed E-state index contributed by atoms with van der Waals surface area (Å²) < 4.78 is 38.6. The third-order valence-corrected chi connectivity index (χ3v) is 4.26. The van der Waals surface area contributed by atoms with Crippen molar-refractivity contribution < 1.29 is 23.1 Å². The van der Waals surface area contributed by atoms with Gasteiger partial charge in [-0.1, -0.05) is 12.1 Å². The molecule has 118 valence electrons. The Balaban J connectivity index is 2.09. The van der Waals surface area contributed by atoms with Crippen LogP contribution in [-0.2, 0) is 6.18 Å². The van der Waals surface area contributed by atoms with Gasteiger partial charge in [-0.25, -0.2) is 0 Å².